The molecule has 0 radical (unpaired) electrons. The first-order valence-electron chi connectivity index (χ1n) is 2.76. The zero-order valence-corrected chi connectivity index (χ0v) is 7.72. The van der Waals surface area contributed by atoms with E-state index in [2.05, 4.69) is 0 Å². The fraction of sp³-hybridized carbons (Fsp3) is 0.143. The van der Waals surface area contributed by atoms with Gasteiger partial charge in [-0.3, -0.25) is 0 Å². The van der Waals surface area contributed by atoms with E-state index < -0.39 is 0 Å². The van der Waals surface area contributed by atoms with Crippen LogP contribution in [0.2, 0.25) is 4.34 Å². The monoisotopic (exact) mass is 192 g/mol. The molecule has 0 aromatic carbocycles. The summed E-state index contributed by atoms with van der Waals surface area (Å²) in [6.07, 6.45) is 0. The third kappa shape index (κ3) is 1.75. The van der Waals surface area contributed by atoms with Crippen molar-refractivity contribution in [1.82, 2.24) is 0 Å². The Labute approximate surface area is 74.1 Å². The average Bonchev–Trinajstić information content (AvgIpc) is 2.34. The van der Waals surface area contributed by atoms with Gasteiger partial charge in [0, 0.05) is 10.4 Å². The van der Waals surface area contributed by atoms with Gasteiger partial charge in [0.1, 0.15) is 0 Å². The van der Waals surface area contributed by atoms with Crippen molar-refractivity contribution in [3.8, 4) is 0 Å². The van der Waals surface area contributed by atoms with Crippen LogP contribution in [0.15, 0.2) is 17.7 Å². The molecule has 0 aliphatic carbocycles. The molecule has 0 aliphatic heterocycles. The maximum Gasteiger partial charge on any atom is 0.0934 e. The van der Waals surface area contributed by atoms with E-state index in [9.17, 15) is 0 Å². The lowest BCUT2D eigenvalue weighted by molar-refractivity contribution is 1.74. The van der Waals surface area contributed by atoms with E-state index in [0.717, 1.165) is 14.8 Å². The Bertz CT molecular complexity index is 250. The van der Waals surface area contributed by atoms with Crippen molar-refractivity contribution in [2.24, 2.45) is 0 Å². The molecule has 3 heteroatoms. The van der Waals surface area contributed by atoms with Crippen LogP contribution in [0.3, 0.4) is 0 Å². The van der Waals surface area contributed by atoms with Gasteiger partial charge in [-0.15, -0.1) is 11.3 Å². The molecule has 0 amide bonds. The van der Waals surface area contributed by atoms with E-state index in [1.54, 1.807) is 5.54 Å². The Morgan fingerprint density at radius 2 is 2.30 bits per heavy atom. The van der Waals surface area contributed by atoms with E-state index in [0.29, 0.717) is 0 Å². The lowest BCUT2D eigenvalue weighted by Gasteiger charge is -1.89. The molecule has 0 nitrogen and oxygen atoms in total. The van der Waals surface area contributed by atoms with Gasteiger partial charge >= 0.3 is 0 Å². The van der Waals surface area contributed by atoms with Crippen LogP contribution in [0.1, 0.15) is 11.8 Å². The van der Waals surface area contributed by atoms with Crippen LogP contribution < -0.4 is 0 Å². The SMILES string of the molecule is C/C(=C\Cl)c1ccc(Cl)s1. The maximum atomic E-state index is 5.71. The number of allylic oxidation sites excluding steroid dienone is 1. The van der Waals surface area contributed by atoms with Crippen LogP contribution in [0.5, 0.6) is 0 Å². The van der Waals surface area contributed by atoms with Crippen LogP contribution in [-0.4, -0.2) is 0 Å². The molecule has 1 aromatic heterocycles. The summed E-state index contributed by atoms with van der Waals surface area (Å²) >= 11 is 12.7. The Morgan fingerprint density at radius 1 is 1.60 bits per heavy atom. The Hall–Kier alpha value is 0.0200. The summed E-state index contributed by atoms with van der Waals surface area (Å²) in [5.74, 6) is 0. The molecule has 10 heavy (non-hydrogen) atoms. The average molecular weight is 193 g/mol. The largest absolute Gasteiger partial charge is 0.124 e. The minimum atomic E-state index is 0.799. The highest BCUT2D eigenvalue weighted by molar-refractivity contribution is 7.17. The molecule has 0 atom stereocenters. The molecule has 54 valence electrons. The highest BCUT2D eigenvalue weighted by Gasteiger charge is 1.97. The zero-order chi connectivity index (χ0) is 7.56. The smallest absolute Gasteiger partial charge is 0.0934 e. The second kappa shape index (κ2) is 3.42. The number of rotatable bonds is 1. The number of thiophene rings is 1. The molecule has 0 fully saturated rings. The zero-order valence-electron chi connectivity index (χ0n) is 5.40. The van der Waals surface area contributed by atoms with Gasteiger partial charge in [-0.2, -0.15) is 0 Å². The molecular formula is C7H6Cl2S. The Morgan fingerprint density at radius 3 is 2.70 bits per heavy atom. The fourth-order valence-corrected chi connectivity index (χ4v) is 1.78. The summed E-state index contributed by atoms with van der Waals surface area (Å²) in [7, 11) is 0. The third-order valence-electron chi connectivity index (χ3n) is 1.13. The molecule has 0 saturated carbocycles. The molecule has 1 aromatic rings. The van der Waals surface area contributed by atoms with Crippen LogP contribution in [0.4, 0.5) is 0 Å². The summed E-state index contributed by atoms with van der Waals surface area (Å²) in [5.41, 5.74) is 2.61. The van der Waals surface area contributed by atoms with Crippen molar-refractivity contribution in [2.45, 2.75) is 6.92 Å². The van der Waals surface area contributed by atoms with Crippen molar-refractivity contribution in [2.75, 3.05) is 0 Å². The minimum Gasteiger partial charge on any atom is -0.124 e. The number of halogens is 2. The van der Waals surface area contributed by atoms with E-state index in [4.69, 9.17) is 23.2 Å². The molecule has 0 bridgehead atoms. The van der Waals surface area contributed by atoms with Gasteiger partial charge in [0.05, 0.1) is 4.34 Å². The molecule has 0 unspecified atom stereocenters. The van der Waals surface area contributed by atoms with Crippen molar-refractivity contribution in [3.63, 3.8) is 0 Å². The van der Waals surface area contributed by atoms with Crippen molar-refractivity contribution in [3.05, 3.63) is 26.9 Å². The van der Waals surface area contributed by atoms with Crippen LogP contribution in [-0.2, 0) is 0 Å². The summed E-state index contributed by atoms with van der Waals surface area (Å²) in [6.45, 7) is 1.95. The van der Waals surface area contributed by atoms with Gasteiger partial charge in [0.2, 0.25) is 0 Å². The Balaban J connectivity index is 2.95. The van der Waals surface area contributed by atoms with Crippen molar-refractivity contribution in [1.29, 1.82) is 0 Å². The van der Waals surface area contributed by atoms with Gasteiger partial charge in [0.25, 0.3) is 0 Å². The summed E-state index contributed by atoms with van der Waals surface area (Å²) < 4.78 is 0.799. The van der Waals surface area contributed by atoms with Crippen LogP contribution in [0.25, 0.3) is 5.57 Å². The van der Waals surface area contributed by atoms with Gasteiger partial charge in [-0.05, 0) is 24.6 Å². The maximum absolute atomic E-state index is 5.71. The standard InChI is InChI=1S/C7H6Cl2S/c1-5(4-8)6-2-3-7(9)10-6/h2-4H,1H3/b5-4+. The summed E-state index contributed by atoms with van der Waals surface area (Å²) in [5, 5.41) is 0. The van der Waals surface area contributed by atoms with Crippen molar-refractivity contribution < 1.29 is 0 Å². The first kappa shape index (κ1) is 8.12. The normalized spacial score (nSPS) is 12.1. The highest BCUT2D eigenvalue weighted by atomic mass is 35.5. The highest BCUT2D eigenvalue weighted by Crippen LogP contribution is 2.27. The quantitative estimate of drug-likeness (QED) is 0.632. The third-order valence-corrected chi connectivity index (χ3v) is 2.82. The molecule has 0 spiro atoms. The second-order valence-corrected chi connectivity index (χ2v) is 3.83. The molecule has 1 rings (SSSR count). The van der Waals surface area contributed by atoms with Gasteiger partial charge in [0.15, 0.2) is 0 Å². The molecule has 0 N–H and O–H groups in total. The molecular weight excluding hydrogens is 187 g/mol. The topological polar surface area (TPSA) is 0 Å². The lowest BCUT2D eigenvalue weighted by atomic mass is 10.3. The van der Waals surface area contributed by atoms with Crippen LogP contribution >= 0.6 is 34.5 Å². The van der Waals surface area contributed by atoms with Crippen molar-refractivity contribution >= 4 is 40.1 Å². The minimum absolute atomic E-state index is 0.799. The molecule has 1 heterocycles. The Kier molecular flexibility index (Phi) is 2.78. The second-order valence-electron chi connectivity index (χ2n) is 1.90. The summed E-state index contributed by atoms with van der Waals surface area (Å²) in [6, 6.07) is 3.83. The van der Waals surface area contributed by atoms with Gasteiger partial charge in [-0.1, -0.05) is 23.2 Å². The first-order chi connectivity index (χ1) is 4.74. The van der Waals surface area contributed by atoms with E-state index in [1.807, 2.05) is 19.1 Å². The molecule has 0 saturated heterocycles. The van der Waals surface area contributed by atoms with Gasteiger partial charge < -0.3 is 0 Å². The van der Waals surface area contributed by atoms with E-state index in [1.165, 1.54) is 11.3 Å². The van der Waals surface area contributed by atoms with E-state index in [-0.39, 0.29) is 0 Å². The predicted octanol–water partition coefficient (Wildman–Crippen LogP) is 4.00. The number of hydrogen-bond acceptors (Lipinski definition) is 1. The van der Waals surface area contributed by atoms with Gasteiger partial charge in [-0.25, -0.2) is 0 Å². The molecule has 0 aliphatic rings. The predicted molar refractivity (Wildman–Crippen MR) is 48.8 cm³/mol. The first-order valence-corrected chi connectivity index (χ1v) is 4.40. The van der Waals surface area contributed by atoms with E-state index >= 15 is 0 Å². The fourth-order valence-electron chi connectivity index (χ4n) is 0.580. The van der Waals surface area contributed by atoms with Crippen LogP contribution in [0, 0.1) is 0 Å². The lowest BCUT2D eigenvalue weighted by Crippen LogP contribution is -1.64. The number of hydrogen-bond donors (Lipinski definition) is 0. The summed E-state index contributed by atoms with van der Waals surface area (Å²) in [4.78, 5) is 1.13.